The molecule has 1 atom stereocenters. The molecule has 0 aromatic heterocycles. The first-order valence-electron chi connectivity index (χ1n) is 6.73. The summed E-state index contributed by atoms with van der Waals surface area (Å²) in [5, 5.41) is 0. The maximum atomic E-state index is 5.37. The first-order valence-corrected chi connectivity index (χ1v) is 6.73. The summed E-state index contributed by atoms with van der Waals surface area (Å²) in [6, 6.07) is 20.5. The Balaban J connectivity index is 1.62. The van der Waals surface area contributed by atoms with Crippen LogP contribution in [0.15, 0.2) is 60.7 Å². The van der Waals surface area contributed by atoms with E-state index in [2.05, 4.69) is 24.3 Å². The van der Waals surface area contributed by atoms with Crippen LogP contribution in [-0.2, 0) is 16.2 Å². The molecule has 0 aliphatic rings. The normalized spacial score (nSPS) is 12.3. The minimum Gasteiger partial charge on any atom is -0.236 e. The highest BCUT2D eigenvalue weighted by molar-refractivity contribution is 5.16. The van der Waals surface area contributed by atoms with Gasteiger partial charge >= 0.3 is 0 Å². The van der Waals surface area contributed by atoms with Gasteiger partial charge in [0, 0.05) is 0 Å². The van der Waals surface area contributed by atoms with Crippen LogP contribution in [0.4, 0.5) is 0 Å². The SMILES string of the molecule is CC(OOCCCc1ccccc1)c1ccccc1. The Kier molecular flexibility index (Phi) is 5.60. The van der Waals surface area contributed by atoms with E-state index in [-0.39, 0.29) is 6.10 Å². The first-order chi connectivity index (χ1) is 9.36. The molecule has 2 nitrogen and oxygen atoms in total. The van der Waals surface area contributed by atoms with Crippen LogP contribution in [0.25, 0.3) is 0 Å². The van der Waals surface area contributed by atoms with E-state index in [1.165, 1.54) is 5.56 Å². The molecule has 0 saturated carbocycles. The van der Waals surface area contributed by atoms with Crippen molar-refractivity contribution in [2.45, 2.75) is 25.9 Å². The largest absolute Gasteiger partial charge is 0.236 e. The van der Waals surface area contributed by atoms with E-state index in [1.807, 2.05) is 43.3 Å². The second-order valence-electron chi connectivity index (χ2n) is 4.56. The molecule has 0 bridgehead atoms. The van der Waals surface area contributed by atoms with E-state index in [4.69, 9.17) is 9.78 Å². The van der Waals surface area contributed by atoms with Crippen LogP contribution in [0.5, 0.6) is 0 Å². The molecule has 0 heterocycles. The Morgan fingerprint density at radius 3 is 2.21 bits per heavy atom. The maximum absolute atomic E-state index is 5.37. The minimum absolute atomic E-state index is 0.0297. The lowest BCUT2D eigenvalue weighted by Crippen LogP contribution is -2.03. The predicted molar refractivity (Wildman–Crippen MR) is 76.7 cm³/mol. The van der Waals surface area contributed by atoms with E-state index in [9.17, 15) is 0 Å². The molecule has 2 aromatic rings. The molecule has 2 heteroatoms. The Morgan fingerprint density at radius 1 is 0.895 bits per heavy atom. The summed E-state index contributed by atoms with van der Waals surface area (Å²) in [6.45, 7) is 2.61. The van der Waals surface area contributed by atoms with Crippen LogP contribution in [0.2, 0.25) is 0 Å². The molecule has 100 valence electrons. The predicted octanol–water partition coefficient (Wildman–Crippen LogP) is 4.33. The van der Waals surface area contributed by atoms with Crippen LogP contribution < -0.4 is 0 Å². The molecular formula is C17H20O2. The van der Waals surface area contributed by atoms with Gasteiger partial charge in [0.1, 0.15) is 6.10 Å². The number of aryl methyl sites for hydroxylation is 1. The molecule has 0 aliphatic heterocycles. The number of hydrogen-bond donors (Lipinski definition) is 0. The number of benzene rings is 2. The van der Waals surface area contributed by atoms with Gasteiger partial charge in [-0.25, -0.2) is 9.78 Å². The van der Waals surface area contributed by atoms with E-state index in [1.54, 1.807) is 0 Å². The van der Waals surface area contributed by atoms with E-state index < -0.39 is 0 Å². The Morgan fingerprint density at radius 2 is 1.53 bits per heavy atom. The highest BCUT2D eigenvalue weighted by atomic mass is 17.2. The first kappa shape index (κ1) is 13.8. The van der Waals surface area contributed by atoms with Crippen molar-refractivity contribution in [1.29, 1.82) is 0 Å². The van der Waals surface area contributed by atoms with Gasteiger partial charge in [0.2, 0.25) is 0 Å². The van der Waals surface area contributed by atoms with Gasteiger partial charge in [-0.2, -0.15) is 0 Å². The zero-order valence-electron chi connectivity index (χ0n) is 11.3. The summed E-state index contributed by atoms with van der Waals surface area (Å²) in [6.07, 6.45) is 1.95. The van der Waals surface area contributed by atoms with Gasteiger partial charge in [-0.1, -0.05) is 60.7 Å². The van der Waals surface area contributed by atoms with Gasteiger partial charge < -0.3 is 0 Å². The highest BCUT2D eigenvalue weighted by Gasteiger charge is 2.05. The lowest BCUT2D eigenvalue weighted by molar-refractivity contribution is -0.323. The smallest absolute Gasteiger partial charge is 0.115 e. The van der Waals surface area contributed by atoms with Gasteiger partial charge in [-0.3, -0.25) is 0 Å². The quantitative estimate of drug-likeness (QED) is 0.417. The fraction of sp³-hybridized carbons (Fsp3) is 0.294. The average molecular weight is 256 g/mol. The van der Waals surface area contributed by atoms with Crippen molar-refractivity contribution in [2.75, 3.05) is 6.61 Å². The summed E-state index contributed by atoms with van der Waals surface area (Å²) in [4.78, 5) is 10.6. The van der Waals surface area contributed by atoms with Gasteiger partial charge in [0.15, 0.2) is 0 Å². The molecule has 0 amide bonds. The second-order valence-corrected chi connectivity index (χ2v) is 4.56. The number of rotatable bonds is 7. The van der Waals surface area contributed by atoms with E-state index in [0.717, 1.165) is 18.4 Å². The summed E-state index contributed by atoms with van der Waals surface area (Å²) in [7, 11) is 0. The van der Waals surface area contributed by atoms with Crippen LogP contribution in [0.3, 0.4) is 0 Å². The van der Waals surface area contributed by atoms with E-state index in [0.29, 0.717) is 6.61 Å². The van der Waals surface area contributed by atoms with Crippen molar-refractivity contribution >= 4 is 0 Å². The van der Waals surface area contributed by atoms with E-state index >= 15 is 0 Å². The van der Waals surface area contributed by atoms with Crippen molar-refractivity contribution in [3.63, 3.8) is 0 Å². The monoisotopic (exact) mass is 256 g/mol. The van der Waals surface area contributed by atoms with Crippen molar-refractivity contribution in [3.05, 3.63) is 71.8 Å². The molecule has 2 aromatic carbocycles. The molecule has 0 saturated heterocycles. The molecule has 0 aliphatic carbocycles. The van der Waals surface area contributed by atoms with Crippen molar-refractivity contribution < 1.29 is 9.78 Å². The Hall–Kier alpha value is -1.64. The Labute approximate surface area is 114 Å². The maximum Gasteiger partial charge on any atom is 0.115 e. The second kappa shape index (κ2) is 7.72. The Bertz CT molecular complexity index is 453. The van der Waals surface area contributed by atoms with Gasteiger partial charge in [0.25, 0.3) is 0 Å². The standard InChI is InChI=1S/C17H20O2/c1-15(17-12-6-3-7-13-17)19-18-14-8-11-16-9-4-2-5-10-16/h2-7,9-10,12-13,15H,8,11,14H2,1H3. The molecule has 1 unspecified atom stereocenters. The van der Waals surface area contributed by atoms with Gasteiger partial charge in [-0.15, -0.1) is 0 Å². The third kappa shape index (κ3) is 4.86. The molecule has 0 radical (unpaired) electrons. The molecule has 0 fully saturated rings. The molecule has 0 N–H and O–H groups in total. The third-order valence-electron chi connectivity index (χ3n) is 3.02. The fourth-order valence-electron chi connectivity index (χ4n) is 1.91. The fourth-order valence-corrected chi connectivity index (χ4v) is 1.91. The topological polar surface area (TPSA) is 18.5 Å². The lowest BCUT2D eigenvalue weighted by atomic mass is 10.1. The number of hydrogen-bond acceptors (Lipinski definition) is 2. The van der Waals surface area contributed by atoms with Crippen LogP contribution in [0.1, 0.15) is 30.6 Å². The lowest BCUT2D eigenvalue weighted by Gasteiger charge is -2.12. The van der Waals surface area contributed by atoms with Crippen LogP contribution >= 0.6 is 0 Å². The van der Waals surface area contributed by atoms with Gasteiger partial charge in [-0.05, 0) is 30.9 Å². The average Bonchev–Trinajstić information content (AvgIpc) is 2.49. The minimum atomic E-state index is -0.0297. The highest BCUT2D eigenvalue weighted by Crippen LogP contribution is 2.16. The third-order valence-corrected chi connectivity index (χ3v) is 3.02. The van der Waals surface area contributed by atoms with Crippen LogP contribution in [0, 0.1) is 0 Å². The molecule has 2 rings (SSSR count). The molecule has 19 heavy (non-hydrogen) atoms. The summed E-state index contributed by atoms with van der Waals surface area (Å²) < 4.78 is 0. The summed E-state index contributed by atoms with van der Waals surface area (Å²) in [5.41, 5.74) is 2.47. The van der Waals surface area contributed by atoms with Crippen molar-refractivity contribution in [2.24, 2.45) is 0 Å². The zero-order chi connectivity index (χ0) is 13.3. The summed E-state index contributed by atoms with van der Waals surface area (Å²) in [5.74, 6) is 0. The molecular weight excluding hydrogens is 236 g/mol. The van der Waals surface area contributed by atoms with Crippen molar-refractivity contribution in [1.82, 2.24) is 0 Å². The van der Waals surface area contributed by atoms with Gasteiger partial charge in [0.05, 0.1) is 6.61 Å². The molecule has 0 spiro atoms. The van der Waals surface area contributed by atoms with Crippen LogP contribution in [-0.4, -0.2) is 6.61 Å². The van der Waals surface area contributed by atoms with Crippen molar-refractivity contribution in [3.8, 4) is 0 Å². The summed E-state index contributed by atoms with van der Waals surface area (Å²) >= 11 is 0. The zero-order valence-corrected chi connectivity index (χ0v) is 11.3.